The zero-order valence-electron chi connectivity index (χ0n) is 37.3. The molecule has 3 fully saturated rings. The quantitative estimate of drug-likeness (QED) is 0.0767. The number of likely N-dealkylation sites (tertiary alicyclic amines) is 1. The first-order chi connectivity index (χ1) is 31.6. The fraction of sp³-hybridized carbons (Fsp3) is 0.400. The van der Waals surface area contributed by atoms with Gasteiger partial charge in [-0.15, -0.1) is 6.58 Å². The Labute approximate surface area is 387 Å². The van der Waals surface area contributed by atoms with E-state index in [0.717, 1.165) is 29.6 Å². The molecule has 4 aromatic rings. The van der Waals surface area contributed by atoms with Gasteiger partial charge in [0.2, 0.25) is 31.9 Å². The molecule has 356 valence electrons. The number of nitro groups is 1. The third kappa shape index (κ3) is 10.5. The Balaban J connectivity index is 1.26. The number of carbonyl (C=O) groups excluding carboxylic acids is 4. The first kappa shape index (κ1) is 48.3. The van der Waals surface area contributed by atoms with Gasteiger partial charge < -0.3 is 29.7 Å². The third-order valence-electron chi connectivity index (χ3n) is 11.6. The molecule has 2 aliphatic carbocycles. The van der Waals surface area contributed by atoms with Crippen molar-refractivity contribution in [2.24, 2.45) is 5.92 Å². The van der Waals surface area contributed by atoms with Gasteiger partial charge in [0.1, 0.15) is 40.8 Å². The van der Waals surface area contributed by atoms with Crippen molar-refractivity contribution in [3.63, 3.8) is 0 Å². The number of pyridine rings is 1. The van der Waals surface area contributed by atoms with Gasteiger partial charge in [-0.3, -0.25) is 29.2 Å². The van der Waals surface area contributed by atoms with Crippen LogP contribution in [0.5, 0.6) is 11.5 Å². The predicted molar refractivity (Wildman–Crippen MR) is 244 cm³/mol. The minimum absolute atomic E-state index is 0.000681. The van der Waals surface area contributed by atoms with Gasteiger partial charge in [0.25, 0.3) is 11.6 Å². The fourth-order valence-corrected chi connectivity index (χ4v) is 10.6. The van der Waals surface area contributed by atoms with E-state index in [1.807, 2.05) is 30.3 Å². The van der Waals surface area contributed by atoms with Gasteiger partial charge in [-0.25, -0.2) is 26.6 Å². The normalized spacial score (nSPS) is 20.9. The lowest BCUT2D eigenvalue weighted by atomic mass is 10.1. The SMILES string of the molecule is C=C[C@@H]1C[C@]1(NC(=O)[C@@H]1C[C@@H](Oc2cc(-c3ccccc3)nc3cc(OC)ccc23)CN1C(=O)[C@H](CN(C)S(=O)(=O)c1ccccc1[N+](=O)[O-])NC(=O)OC(C)(C)C)C(=O)NS(=O)(=O)C1CC1. The van der Waals surface area contributed by atoms with Crippen LogP contribution in [-0.4, -0.2) is 122 Å². The molecule has 2 saturated carbocycles. The number of carbonyl (C=O) groups is 4. The Morgan fingerprint density at radius 3 is 2.34 bits per heavy atom. The van der Waals surface area contributed by atoms with Crippen molar-refractivity contribution in [2.45, 2.75) is 85.9 Å². The number of alkyl carbamates (subject to hydrolysis) is 1. The average molecular weight is 962 g/mol. The maximum absolute atomic E-state index is 15.1. The first-order valence-corrected chi connectivity index (χ1v) is 24.3. The number of sulfonamides is 2. The number of benzene rings is 3. The summed E-state index contributed by atoms with van der Waals surface area (Å²) in [6.07, 6.45) is -0.146. The monoisotopic (exact) mass is 961 g/mol. The number of ether oxygens (including phenoxy) is 3. The van der Waals surface area contributed by atoms with Crippen LogP contribution in [0.4, 0.5) is 10.5 Å². The zero-order chi connectivity index (χ0) is 48.6. The molecule has 1 aromatic heterocycles. The van der Waals surface area contributed by atoms with Crippen LogP contribution in [-0.2, 0) is 39.2 Å². The lowest BCUT2D eigenvalue weighted by Crippen LogP contribution is -2.60. The summed E-state index contributed by atoms with van der Waals surface area (Å²) in [7, 11) is -6.18. The number of hydrogen-bond acceptors (Lipinski definition) is 14. The number of nitrogens with zero attached hydrogens (tertiary/aromatic N) is 4. The number of nitrogens with one attached hydrogen (secondary N) is 3. The summed E-state index contributed by atoms with van der Waals surface area (Å²) in [4.78, 5) is 73.1. The maximum Gasteiger partial charge on any atom is 0.408 e. The molecule has 0 bridgehead atoms. The second kappa shape index (κ2) is 18.6. The molecule has 0 unspecified atom stereocenters. The molecule has 2 heterocycles. The standard InChI is InChI=1S/C45H51N7O13S2/c1-7-28-24-45(28,42(55)49-66(59,60)31-18-19-31)48-40(53)37-22-30(64-38-23-33(27-13-9-8-10-14-27)46-34-21-29(63-6)17-20-32(34)38)25-51(37)41(54)35(47-43(56)65-44(2,3)4)26-50(5)67(61,62)39-16-12-11-15-36(39)52(57)58/h7-17,20-21,23,28,30-31,35,37H,1,18-19,22,24-26H2,2-6H3,(H,47,56)(H,48,53)(H,49,55)/t28-,30-,35+,37+,45-/m1/s1. The van der Waals surface area contributed by atoms with Crippen LogP contribution in [0.15, 0.2) is 96.4 Å². The second-order valence-electron chi connectivity index (χ2n) is 17.6. The number of nitro benzene ring substituents is 1. The van der Waals surface area contributed by atoms with Crippen molar-refractivity contribution < 1.29 is 55.1 Å². The number of para-hydroxylation sites is 1. The summed E-state index contributed by atoms with van der Waals surface area (Å²) in [5, 5.41) is 16.8. The maximum atomic E-state index is 15.1. The minimum atomic E-state index is -4.72. The van der Waals surface area contributed by atoms with Crippen LogP contribution in [0.25, 0.3) is 22.2 Å². The highest BCUT2D eigenvalue weighted by Crippen LogP contribution is 2.46. The topological polar surface area (TPSA) is 263 Å². The molecule has 1 saturated heterocycles. The largest absolute Gasteiger partial charge is 0.497 e. The van der Waals surface area contributed by atoms with E-state index >= 15 is 4.79 Å². The summed E-state index contributed by atoms with van der Waals surface area (Å²) in [5.41, 5.74) is -1.78. The fourth-order valence-electron chi connectivity index (χ4n) is 7.92. The van der Waals surface area contributed by atoms with Crippen LogP contribution in [0, 0.1) is 16.0 Å². The van der Waals surface area contributed by atoms with Crippen molar-refractivity contribution in [2.75, 3.05) is 27.2 Å². The van der Waals surface area contributed by atoms with E-state index in [2.05, 4.69) is 21.9 Å². The Morgan fingerprint density at radius 2 is 1.72 bits per heavy atom. The number of rotatable bonds is 17. The van der Waals surface area contributed by atoms with Gasteiger partial charge in [0.05, 0.1) is 35.0 Å². The molecule has 20 nitrogen and oxygen atoms in total. The van der Waals surface area contributed by atoms with Crippen molar-refractivity contribution in [1.29, 1.82) is 0 Å². The van der Waals surface area contributed by atoms with E-state index < -0.39 is 106 Å². The van der Waals surface area contributed by atoms with E-state index in [9.17, 15) is 41.3 Å². The van der Waals surface area contributed by atoms with Crippen LogP contribution in [0.2, 0.25) is 0 Å². The highest BCUT2D eigenvalue weighted by atomic mass is 32.2. The predicted octanol–water partition coefficient (Wildman–Crippen LogP) is 4.05. The van der Waals surface area contributed by atoms with E-state index in [-0.39, 0.29) is 19.4 Å². The molecular formula is C45H51N7O13S2. The summed E-state index contributed by atoms with van der Waals surface area (Å²) in [6, 6.07) is 17.5. The number of likely N-dealkylation sites (N-methyl/N-ethyl adjacent to an activating group) is 1. The van der Waals surface area contributed by atoms with E-state index in [4.69, 9.17) is 19.2 Å². The smallest absolute Gasteiger partial charge is 0.408 e. The van der Waals surface area contributed by atoms with Crippen molar-refractivity contribution in [3.8, 4) is 22.8 Å². The number of amides is 4. The highest BCUT2D eigenvalue weighted by Gasteiger charge is 2.62. The highest BCUT2D eigenvalue weighted by molar-refractivity contribution is 7.91. The number of fused-ring (bicyclic) bond motifs is 1. The molecular weight excluding hydrogens is 911 g/mol. The molecule has 3 aromatic carbocycles. The minimum Gasteiger partial charge on any atom is -0.497 e. The summed E-state index contributed by atoms with van der Waals surface area (Å²) >= 11 is 0. The Morgan fingerprint density at radius 1 is 1.03 bits per heavy atom. The van der Waals surface area contributed by atoms with Crippen LogP contribution < -0.4 is 24.8 Å². The Hall–Kier alpha value is -6.65. The van der Waals surface area contributed by atoms with Gasteiger partial charge in [0.15, 0.2) is 4.90 Å². The van der Waals surface area contributed by atoms with Gasteiger partial charge in [-0.1, -0.05) is 48.5 Å². The molecule has 4 amide bonds. The third-order valence-corrected chi connectivity index (χ3v) is 15.3. The summed E-state index contributed by atoms with van der Waals surface area (Å²) in [5.74, 6) is -2.68. The lowest BCUT2D eigenvalue weighted by Gasteiger charge is -2.31. The number of hydrogen-bond donors (Lipinski definition) is 3. The molecule has 22 heteroatoms. The lowest BCUT2D eigenvalue weighted by molar-refractivity contribution is -0.387. The number of aromatic nitrogens is 1. The van der Waals surface area contributed by atoms with E-state index in [0.29, 0.717) is 45.2 Å². The van der Waals surface area contributed by atoms with Crippen molar-refractivity contribution >= 4 is 60.5 Å². The van der Waals surface area contributed by atoms with Gasteiger partial charge in [0, 0.05) is 55.1 Å². The zero-order valence-corrected chi connectivity index (χ0v) is 39.0. The summed E-state index contributed by atoms with van der Waals surface area (Å²) in [6.45, 7) is 7.32. The molecule has 1 aliphatic heterocycles. The molecule has 3 aliphatic rings. The molecule has 0 radical (unpaired) electrons. The molecule has 3 N–H and O–H groups in total. The number of methoxy groups -OCH3 is 1. The van der Waals surface area contributed by atoms with E-state index in [1.165, 1.54) is 25.3 Å². The van der Waals surface area contributed by atoms with Crippen LogP contribution in [0.1, 0.15) is 46.5 Å². The molecule has 0 spiro atoms. The Bertz CT molecular complexity index is 2850. The van der Waals surface area contributed by atoms with Gasteiger partial charge in [-0.2, -0.15) is 4.31 Å². The first-order valence-electron chi connectivity index (χ1n) is 21.3. The molecule has 67 heavy (non-hydrogen) atoms. The van der Waals surface area contributed by atoms with Crippen molar-refractivity contribution in [3.05, 3.63) is 102 Å². The molecule has 7 rings (SSSR count). The van der Waals surface area contributed by atoms with Crippen molar-refractivity contribution in [1.82, 2.24) is 29.5 Å². The van der Waals surface area contributed by atoms with Crippen LogP contribution in [0.3, 0.4) is 0 Å². The van der Waals surface area contributed by atoms with Gasteiger partial charge >= 0.3 is 6.09 Å². The summed E-state index contributed by atoms with van der Waals surface area (Å²) < 4.78 is 74.0. The van der Waals surface area contributed by atoms with Gasteiger partial charge in [-0.05, 0) is 58.2 Å². The second-order valence-corrected chi connectivity index (χ2v) is 21.6. The van der Waals surface area contributed by atoms with Crippen LogP contribution >= 0.6 is 0 Å². The van der Waals surface area contributed by atoms with E-state index in [1.54, 1.807) is 45.0 Å². The average Bonchev–Trinajstić information content (AvgIpc) is 4.22. The molecule has 5 atom stereocenters. The Kier molecular flexibility index (Phi) is 13.4.